The molecular formula is C14H12ClFN2O4S. The summed E-state index contributed by atoms with van der Waals surface area (Å²) < 4.78 is 40.4. The van der Waals surface area contributed by atoms with Crippen molar-refractivity contribution in [3.8, 4) is 0 Å². The third-order valence-corrected chi connectivity index (χ3v) is 4.76. The fourth-order valence-corrected chi connectivity index (χ4v) is 3.21. The summed E-state index contributed by atoms with van der Waals surface area (Å²) in [6, 6.07) is 10.7. The van der Waals surface area contributed by atoms with Gasteiger partial charge in [-0.2, -0.15) is 0 Å². The molecule has 0 saturated carbocycles. The molecule has 6 nitrogen and oxygen atoms in total. The van der Waals surface area contributed by atoms with Crippen LogP contribution in [-0.4, -0.2) is 19.9 Å². The van der Waals surface area contributed by atoms with Crippen molar-refractivity contribution >= 4 is 27.3 Å². The van der Waals surface area contributed by atoms with Crippen molar-refractivity contribution in [1.29, 1.82) is 0 Å². The number of sulfonamides is 1. The van der Waals surface area contributed by atoms with Crippen molar-refractivity contribution in [3.63, 3.8) is 0 Å². The Kier molecular flexibility index (Phi) is 5.30. The van der Waals surface area contributed by atoms with Crippen LogP contribution in [0.3, 0.4) is 0 Å². The van der Waals surface area contributed by atoms with Crippen LogP contribution < -0.4 is 4.72 Å². The number of hydrogen-bond acceptors (Lipinski definition) is 4. The van der Waals surface area contributed by atoms with Crippen molar-refractivity contribution in [2.75, 3.05) is 6.54 Å². The third kappa shape index (κ3) is 4.25. The van der Waals surface area contributed by atoms with Gasteiger partial charge in [-0.3, -0.25) is 10.1 Å². The van der Waals surface area contributed by atoms with Gasteiger partial charge in [0.05, 0.1) is 4.92 Å². The van der Waals surface area contributed by atoms with Crippen LogP contribution in [-0.2, 0) is 10.0 Å². The molecule has 0 aromatic heterocycles. The number of para-hydroxylation sites is 1. The highest BCUT2D eigenvalue weighted by Gasteiger charge is 2.26. The van der Waals surface area contributed by atoms with Crippen molar-refractivity contribution in [2.45, 2.75) is 11.1 Å². The minimum Gasteiger partial charge on any atom is -0.258 e. The monoisotopic (exact) mass is 358 g/mol. The van der Waals surface area contributed by atoms with Crippen LogP contribution >= 0.6 is 11.6 Å². The second kappa shape index (κ2) is 7.03. The highest BCUT2D eigenvalue weighted by atomic mass is 35.5. The summed E-state index contributed by atoms with van der Waals surface area (Å²) in [5.41, 5.74) is -0.318. The number of alkyl halides is 1. The molecule has 0 aliphatic carbocycles. The van der Waals surface area contributed by atoms with Crippen molar-refractivity contribution < 1.29 is 17.7 Å². The second-order valence-corrected chi connectivity index (χ2v) is 6.77. The normalized spacial score (nSPS) is 12.8. The summed E-state index contributed by atoms with van der Waals surface area (Å²) in [4.78, 5) is 9.58. The van der Waals surface area contributed by atoms with E-state index >= 15 is 0 Å². The van der Waals surface area contributed by atoms with E-state index in [1.165, 1.54) is 36.4 Å². The fraction of sp³-hybridized carbons (Fsp3) is 0.143. The van der Waals surface area contributed by atoms with Gasteiger partial charge in [-0.15, -0.1) is 0 Å². The summed E-state index contributed by atoms with van der Waals surface area (Å²) >= 11 is 5.70. The van der Waals surface area contributed by atoms with E-state index < -0.39 is 38.2 Å². The fourth-order valence-electron chi connectivity index (χ4n) is 1.89. The molecule has 0 amide bonds. The van der Waals surface area contributed by atoms with E-state index in [1.807, 2.05) is 4.72 Å². The van der Waals surface area contributed by atoms with Gasteiger partial charge < -0.3 is 0 Å². The molecule has 2 aromatic carbocycles. The average Bonchev–Trinajstić information content (AvgIpc) is 2.53. The van der Waals surface area contributed by atoms with Crippen LogP contribution in [0.5, 0.6) is 0 Å². The van der Waals surface area contributed by atoms with Crippen LogP contribution in [0, 0.1) is 10.1 Å². The maximum absolute atomic E-state index is 14.1. The molecule has 0 aliphatic rings. The predicted molar refractivity (Wildman–Crippen MR) is 83.6 cm³/mol. The number of nitrogens with zero attached hydrogens (tertiary/aromatic N) is 1. The molecule has 0 aliphatic heterocycles. The molecule has 23 heavy (non-hydrogen) atoms. The minimum absolute atomic E-state index is 0.250. The van der Waals surface area contributed by atoms with Crippen molar-refractivity contribution in [3.05, 3.63) is 69.2 Å². The molecule has 0 radical (unpaired) electrons. The smallest absolute Gasteiger partial charge is 0.258 e. The predicted octanol–water partition coefficient (Wildman–Crippen LogP) is 3.24. The summed E-state index contributed by atoms with van der Waals surface area (Å²) in [5, 5.41) is 11.3. The van der Waals surface area contributed by atoms with Gasteiger partial charge in [0.25, 0.3) is 5.69 Å². The molecule has 2 rings (SSSR count). The number of nitro benzene ring substituents is 1. The van der Waals surface area contributed by atoms with Gasteiger partial charge in [-0.25, -0.2) is 17.5 Å². The van der Waals surface area contributed by atoms with E-state index in [0.29, 0.717) is 5.02 Å². The van der Waals surface area contributed by atoms with Crippen LogP contribution in [0.25, 0.3) is 0 Å². The molecular weight excluding hydrogens is 347 g/mol. The van der Waals surface area contributed by atoms with Gasteiger partial charge >= 0.3 is 0 Å². The number of halogens is 2. The number of nitrogens with one attached hydrogen (secondary N) is 1. The molecule has 122 valence electrons. The van der Waals surface area contributed by atoms with E-state index in [2.05, 4.69) is 0 Å². The first kappa shape index (κ1) is 17.3. The van der Waals surface area contributed by atoms with Gasteiger partial charge in [0.1, 0.15) is 6.17 Å². The molecule has 1 atom stereocenters. The van der Waals surface area contributed by atoms with Gasteiger partial charge in [0.15, 0.2) is 4.90 Å². The zero-order valence-electron chi connectivity index (χ0n) is 11.6. The Hall–Kier alpha value is -2.03. The highest BCUT2D eigenvalue weighted by Crippen LogP contribution is 2.24. The number of hydrogen-bond donors (Lipinski definition) is 1. The van der Waals surface area contributed by atoms with Crippen LogP contribution in [0.2, 0.25) is 5.02 Å². The van der Waals surface area contributed by atoms with Crippen molar-refractivity contribution in [2.24, 2.45) is 0 Å². The average molecular weight is 359 g/mol. The van der Waals surface area contributed by atoms with E-state index in [0.717, 1.165) is 12.1 Å². The minimum atomic E-state index is -4.20. The van der Waals surface area contributed by atoms with Gasteiger partial charge in [0, 0.05) is 17.6 Å². The zero-order valence-corrected chi connectivity index (χ0v) is 13.2. The first-order valence-electron chi connectivity index (χ1n) is 6.44. The SMILES string of the molecule is O=[N+]([O-])c1ccccc1S(=O)(=O)NCC(F)c1ccc(Cl)cc1. The van der Waals surface area contributed by atoms with E-state index in [9.17, 15) is 22.9 Å². The first-order valence-corrected chi connectivity index (χ1v) is 8.30. The quantitative estimate of drug-likeness (QED) is 0.634. The largest absolute Gasteiger partial charge is 0.289 e. The molecule has 0 saturated heterocycles. The van der Waals surface area contributed by atoms with Crippen LogP contribution in [0.15, 0.2) is 53.4 Å². The van der Waals surface area contributed by atoms with E-state index in [4.69, 9.17) is 11.6 Å². The molecule has 0 spiro atoms. The number of benzene rings is 2. The summed E-state index contributed by atoms with van der Waals surface area (Å²) in [6.07, 6.45) is -1.61. The Morgan fingerprint density at radius 2 is 1.78 bits per heavy atom. The lowest BCUT2D eigenvalue weighted by atomic mass is 10.1. The number of nitro groups is 1. The third-order valence-electron chi connectivity index (χ3n) is 3.04. The lowest BCUT2D eigenvalue weighted by Gasteiger charge is -2.11. The molecule has 0 heterocycles. The second-order valence-electron chi connectivity index (χ2n) is 4.60. The maximum Gasteiger partial charge on any atom is 0.289 e. The Morgan fingerprint density at radius 3 is 2.39 bits per heavy atom. The lowest BCUT2D eigenvalue weighted by molar-refractivity contribution is -0.387. The van der Waals surface area contributed by atoms with Gasteiger partial charge in [-0.05, 0) is 23.8 Å². The Balaban J connectivity index is 2.16. The molecule has 0 bridgehead atoms. The van der Waals surface area contributed by atoms with E-state index in [1.54, 1.807) is 0 Å². The van der Waals surface area contributed by atoms with Gasteiger partial charge in [0.2, 0.25) is 10.0 Å². The summed E-state index contributed by atoms with van der Waals surface area (Å²) in [5.74, 6) is 0. The topological polar surface area (TPSA) is 89.3 Å². The zero-order chi connectivity index (χ0) is 17.0. The van der Waals surface area contributed by atoms with Gasteiger partial charge in [-0.1, -0.05) is 35.9 Å². The first-order chi connectivity index (χ1) is 10.8. The number of rotatable bonds is 6. The van der Waals surface area contributed by atoms with Crippen LogP contribution in [0.1, 0.15) is 11.7 Å². The maximum atomic E-state index is 14.1. The Bertz CT molecular complexity index is 812. The Morgan fingerprint density at radius 1 is 1.17 bits per heavy atom. The molecule has 1 unspecified atom stereocenters. The highest BCUT2D eigenvalue weighted by molar-refractivity contribution is 7.89. The van der Waals surface area contributed by atoms with E-state index in [-0.39, 0.29) is 5.56 Å². The van der Waals surface area contributed by atoms with Crippen molar-refractivity contribution in [1.82, 2.24) is 4.72 Å². The molecule has 9 heteroatoms. The van der Waals surface area contributed by atoms with Crippen LogP contribution in [0.4, 0.5) is 10.1 Å². The molecule has 0 fully saturated rings. The summed E-state index contributed by atoms with van der Waals surface area (Å²) in [7, 11) is -4.20. The molecule has 1 N–H and O–H groups in total. The Labute approximate surface area is 137 Å². The summed E-state index contributed by atoms with van der Waals surface area (Å²) in [6.45, 7) is -0.546. The molecule has 2 aromatic rings. The lowest BCUT2D eigenvalue weighted by Crippen LogP contribution is -2.28. The standard InChI is InChI=1S/C14H12ClFN2O4S/c15-11-7-5-10(6-8-11)12(16)9-17-23(21,22)14-4-2-1-3-13(14)18(19)20/h1-8,12,17H,9H2.